The Bertz CT molecular complexity index is 1210. The van der Waals surface area contributed by atoms with Crippen LogP contribution in [0.4, 0.5) is 0 Å². The van der Waals surface area contributed by atoms with E-state index in [4.69, 9.17) is 23.2 Å². The van der Waals surface area contributed by atoms with Gasteiger partial charge in [-0.2, -0.15) is 4.72 Å². The zero-order valence-electron chi connectivity index (χ0n) is 17.1. The number of halogens is 3. The second-order valence-electron chi connectivity index (χ2n) is 7.22. The number of carbonyl (C=O) groups is 1. The second kappa shape index (κ2) is 10.8. The molecule has 168 valence electrons. The zero-order valence-corrected chi connectivity index (χ0v) is 21.0. The summed E-state index contributed by atoms with van der Waals surface area (Å²) < 4.78 is 29.5. The monoisotopic (exact) mass is 554 g/mol. The van der Waals surface area contributed by atoms with E-state index in [0.29, 0.717) is 0 Å². The molecule has 0 heterocycles. The zero-order chi connectivity index (χ0) is 23.3. The Morgan fingerprint density at radius 3 is 2.41 bits per heavy atom. The van der Waals surface area contributed by atoms with Crippen LogP contribution in [0.3, 0.4) is 0 Å². The summed E-state index contributed by atoms with van der Waals surface area (Å²) in [6.45, 7) is 1.83. The van der Waals surface area contributed by atoms with Crippen LogP contribution in [0.2, 0.25) is 10.0 Å². The van der Waals surface area contributed by atoms with Crippen molar-refractivity contribution in [1.82, 2.24) is 10.0 Å². The van der Waals surface area contributed by atoms with Gasteiger partial charge in [-0.15, -0.1) is 0 Å². The first-order valence-electron chi connectivity index (χ1n) is 9.73. The van der Waals surface area contributed by atoms with Crippen molar-refractivity contribution in [3.63, 3.8) is 0 Å². The highest BCUT2D eigenvalue weighted by Crippen LogP contribution is 2.25. The molecule has 2 atom stereocenters. The third-order valence-corrected chi connectivity index (χ3v) is 7.47. The van der Waals surface area contributed by atoms with Crippen molar-refractivity contribution >= 4 is 55.1 Å². The van der Waals surface area contributed by atoms with Gasteiger partial charge in [0.1, 0.15) is 10.9 Å². The van der Waals surface area contributed by atoms with Gasteiger partial charge in [-0.1, -0.05) is 81.6 Å². The highest BCUT2D eigenvalue weighted by molar-refractivity contribution is 9.10. The molecule has 0 radical (unpaired) electrons. The lowest BCUT2D eigenvalue weighted by atomic mass is 10.0. The Morgan fingerprint density at radius 1 is 1.00 bits per heavy atom. The van der Waals surface area contributed by atoms with Gasteiger partial charge in [0.2, 0.25) is 15.9 Å². The first kappa shape index (κ1) is 24.7. The third kappa shape index (κ3) is 6.56. The van der Waals surface area contributed by atoms with E-state index in [-0.39, 0.29) is 27.4 Å². The van der Waals surface area contributed by atoms with Gasteiger partial charge in [-0.05, 0) is 54.8 Å². The smallest absolute Gasteiger partial charge is 0.242 e. The van der Waals surface area contributed by atoms with Gasteiger partial charge in [0.25, 0.3) is 0 Å². The predicted octanol–water partition coefficient (Wildman–Crippen LogP) is 5.52. The van der Waals surface area contributed by atoms with E-state index in [1.165, 1.54) is 18.2 Å². The molecule has 0 saturated carbocycles. The number of sulfonamides is 1. The molecule has 2 N–H and O–H groups in total. The van der Waals surface area contributed by atoms with E-state index in [9.17, 15) is 13.2 Å². The molecule has 1 amide bonds. The first-order valence-corrected chi connectivity index (χ1v) is 12.8. The summed E-state index contributed by atoms with van der Waals surface area (Å²) in [5, 5.41) is 3.14. The fourth-order valence-electron chi connectivity index (χ4n) is 3.14. The lowest BCUT2D eigenvalue weighted by Gasteiger charge is -2.22. The van der Waals surface area contributed by atoms with Crippen LogP contribution < -0.4 is 10.0 Å². The van der Waals surface area contributed by atoms with Gasteiger partial charge in [-0.3, -0.25) is 4.79 Å². The maximum Gasteiger partial charge on any atom is 0.242 e. The highest BCUT2D eigenvalue weighted by Gasteiger charge is 2.28. The van der Waals surface area contributed by atoms with Crippen molar-refractivity contribution in [2.45, 2.75) is 30.3 Å². The molecule has 0 aliphatic carbocycles. The minimum Gasteiger partial charge on any atom is -0.348 e. The number of nitrogens with one attached hydrogen (secondary N) is 2. The Labute approximate surface area is 206 Å². The summed E-state index contributed by atoms with van der Waals surface area (Å²) in [5.41, 5.74) is 1.69. The molecule has 0 spiro atoms. The lowest BCUT2D eigenvalue weighted by molar-refractivity contribution is -0.123. The van der Waals surface area contributed by atoms with E-state index in [2.05, 4.69) is 26.0 Å². The lowest BCUT2D eigenvalue weighted by Crippen LogP contribution is -2.48. The molecular weight excluding hydrogens is 535 g/mol. The van der Waals surface area contributed by atoms with Crippen molar-refractivity contribution in [3.05, 3.63) is 98.4 Å². The van der Waals surface area contributed by atoms with Crippen LogP contribution in [0.1, 0.15) is 24.1 Å². The summed E-state index contributed by atoms with van der Waals surface area (Å²) in [4.78, 5) is 13.0. The van der Waals surface area contributed by atoms with Gasteiger partial charge < -0.3 is 5.32 Å². The van der Waals surface area contributed by atoms with Crippen LogP contribution in [0.25, 0.3) is 0 Å². The Morgan fingerprint density at radius 2 is 1.72 bits per heavy atom. The number of hydrogen-bond acceptors (Lipinski definition) is 3. The van der Waals surface area contributed by atoms with Crippen LogP contribution >= 0.6 is 39.1 Å². The molecule has 0 fully saturated rings. The number of rotatable bonds is 8. The molecule has 0 unspecified atom stereocenters. The van der Waals surface area contributed by atoms with E-state index < -0.39 is 22.0 Å². The standard InChI is InChI=1S/C23H21BrCl2N2O3S/c1-15(17-8-5-9-18(24)13-17)27-23(29)21(12-16-6-3-2-4-7-16)28-32(30,31)22-14-19(25)10-11-20(22)26/h2-11,13-15,21,28H,12H2,1H3,(H,27,29)/t15-,21+/m0/s1. The number of hydrogen-bond donors (Lipinski definition) is 2. The SMILES string of the molecule is C[C@H](NC(=O)[C@@H](Cc1ccccc1)NS(=O)(=O)c1cc(Cl)ccc1Cl)c1cccc(Br)c1. The minimum absolute atomic E-state index is 0.0169. The molecule has 0 aromatic heterocycles. The minimum atomic E-state index is -4.12. The molecule has 0 bridgehead atoms. The summed E-state index contributed by atoms with van der Waals surface area (Å²) in [5.74, 6) is -0.456. The number of amides is 1. The topological polar surface area (TPSA) is 75.3 Å². The second-order valence-corrected chi connectivity index (χ2v) is 10.7. The first-order chi connectivity index (χ1) is 15.2. The highest BCUT2D eigenvalue weighted by atomic mass is 79.9. The van der Waals surface area contributed by atoms with Crippen LogP contribution in [-0.2, 0) is 21.2 Å². The van der Waals surface area contributed by atoms with Gasteiger partial charge in [0.05, 0.1) is 11.1 Å². The van der Waals surface area contributed by atoms with Crippen LogP contribution in [-0.4, -0.2) is 20.4 Å². The Kier molecular flexibility index (Phi) is 8.36. The molecule has 32 heavy (non-hydrogen) atoms. The normalized spacial score (nSPS) is 13.4. The van der Waals surface area contributed by atoms with Crippen molar-refractivity contribution in [2.75, 3.05) is 0 Å². The van der Waals surface area contributed by atoms with Crippen molar-refractivity contribution in [3.8, 4) is 0 Å². The Hall–Kier alpha value is -1.90. The molecule has 5 nitrogen and oxygen atoms in total. The van der Waals surface area contributed by atoms with Crippen molar-refractivity contribution in [2.24, 2.45) is 0 Å². The molecule has 3 aromatic carbocycles. The van der Waals surface area contributed by atoms with Crippen LogP contribution in [0.5, 0.6) is 0 Å². The van der Waals surface area contributed by atoms with Gasteiger partial charge in [0, 0.05) is 9.50 Å². The fraction of sp³-hybridized carbons (Fsp3) is 0.174. The molecule has 9 heteroatoms. The molecule has 3 aromatic rings. The summed E-state index contributed by atoms with van der Waals surface area (Å²) >= 11 is 15.5. The molecule has 0 saturated heterocycles. The molecule has 0 aliphatic rings. The van der Waals surface area contributed by atoms with Crippen LogP contribution in [0, 0.1) is 0 Å². The van der Waals surface area contributed by atoms with Gasteiger partial charge in [-0.25, -0.2) is 8.42 Å². The van der Waals surface area contributed by atoms with Gasteiger partial charge >= 0.3 is 0 Å². The third-order valence-electron chi connectivity index (χ3n) is 4.79. The molecule has 3 rings (SSSR count). The van der Waals surface area contributed by atoms with E-state index in [1.807, 2.05) is 61.5 Å². The molecular formula is C23H21BrCl2N2O3S. The van der Waals surface area contributed by atoms with Gasteiger partial charge in [0.15, 0.2) is 0 Å². The van der Waals surface area contributed by atoms with E-state index in [0.717, 1.165) is 15.6 Å². The average Bonchev–Trinajstić information content (AvgIpc) is 2.75. The maximum absolute atomic E-state index is 13.2. The average molecular weight is 556 g/mol. The number of benzene rings is 3. The molecule has 0 aliphatic heterocycles. The maximum atomic E-state index is 13.2. The summed E-state index contributed by atoms with van der Waals surface area (Å²) in [7, 11) is -4.12. The van der Waals surface area contributed by atoms with E-state index >= 15 is 0 Å². The van der Waals surface area contributed by atoms with Crippen LogP contribution in [0.15, 0.2) is 82.2 Å². The quantitative estimate of drug-likeness (QED) is 0.384. The summed E-state index contributed by atoms with van der Waals surface area (Å²) in [6.07, 6.45) is 0.162. The predicted molar refractivity (Wildman–Crippen MR) is 131 cm³/mol. The number of carbonyl (C=O) groups excluding carboxylic acids is 1. The van der Waals surface area contributed by atoms with E-state index in [1.54, 1.807) is 0 Å². The largest absolute Gasteiger partial charge is 0.348 e. The van der Waals surface area contributed by atoms with Crippen molar-refractivity contribution in [1.29, 1.82) is 0 Å². The fourth-order valence-corrected chi connectivity index (χ4v) is 5.52. The Balaban J connectivity index is 1.87. The summed E-state index contributed by atoms with van der Waals surface area (Å²) in [6, 6.07) is 19.5. The van der Waals surface area contributed by atoms with Crippen molar-refractivity contribution < 1.29 is 13.2 Å².